The standard InChI is InChI=1S/C8H13N3/c1-5(2)7-4-6(3)10-11-8(7)9/h4-5H,1-3H3,(H2,9,11). The van der Waals surface area contributed by atoms with Crippen molar-refractivity contribution in [2.24, 2.45) is 0 Å². The Morgan fingerprint density at radius 1 is 1.36 bits per heavy atom. The zero-order valence-corrected chi connectivity index (χ0v) is 7.13. The molecule has 0 radical (unpaired) electrons. The number of aryl methyl sites for hydroxylation is 1. The first-order valence-corrected chi connectivity index (χ1v) is 3.71. The van der Waals surface area contributed by atoms with Crippen LogP contribution in [0.3, 0.4) is 0 Å². The van der Waals surface area contributed by atoms with Gasteiger partial charge in [0, 0.05) is 5.56 Å². The van der Waals surface area contributed by atoms with Crippen molar-refractivity contribution in [3.05, 3.63) is 17.3 Å². The fourth-order valence-electron chi connectivity index (χ4n) is 0.981. The third-order valence-electron chi connectivity index (χ3n) is 1.60. The summed E-state index contributed by atoms with van der Waals surface area (Å²) >= 11 is 0. The smallest absolute Gasteiger partial charge is 0.149 e. The highest BCUT2D eigenvalue weighted by Gasteiger charge is 2.05. The van der Waals surface area contributed by atoms with Crippen molar-refractivity contribution in [1.82, 2.24) is 10.2 Å². The van der Waals surface area contributed by atoms with Gasteiger partial charge in [0.05, 0.1) is 5.69 Å². The van der Waals surface area contributed by atoms with Crippen LogP contribution in [0.25, 0.3) is 0 Å². The minimum atomic E-state index is 0.421. The molecule has 0 fully saturated rings. The van der Waals surface area contributed by atoms with E-state index in [2.05, 4.69) is 24.0 Å². The lowest BCUT2D eigenvalue weighted by Crippen LogP contribution is -2.02. The monoisotopic (exact) mass is 151 g/mol. The van der Waals surface area contributed by atoms with E-state index in [0.29, 0.717) is 11.7 Å². The normalized spacial score (nSPS) is 10.5. The number of anilines is 1. The summed E-state index contributed by atoms with van der Waals surface area (Å²) in [5.41, 5.74) is 7.62. The van der Waals surface area contributed by atoms with Crippen LogP contribution in [0.4, 0.5) is 5.82 Å². The van der Waals surface area contributed by atoms with Crippen molar-refractivity contribution in [3.63, 3.8) is 0 Å². The molecule has 3 heteroatoms. The zero-order chi connectivity index (χ0) is 8.43. The summed E-state index contributed by atoms with van der Waals surface area (Å²) < 4.78 is 0. The minimum Gasteiger partial charge on any atom is -0.382 e. The van der Waals surface area contributed by atoms with Crippen molar-refractivity contribution in [2.45, 2.75) is 26.7 Å². The Morgan fingerprint density at radius 2 is 2.00 bits per heavy atom. The third kappa shape index (κ3) is 1.67. The number of nitrogen functional groups attached to an aromatic ring is 1. The van der Waals surface area contributed by atoms with Gasteiger partial charge in [-0.25, -0.2) is 0 Å². The first-order valence-electron chi connectivity index (χ1n) is 3.71. The van der Waals surface area contributed by atoms with Gasteiger partial charge in [-0.3, -0.25) is 0 Å². The Morgan fingerprint density at radius 3 is 2.45 bits per heavy atom. The molecular formula is C8H13N3. The van der Waals surface area contributed by atoms with E-state index in [-0.39, 0.29) is 0 Å². The van der Waals surface area contributed by atoms with Crippen LogP contribution in [-0.2, 0) is 0 Å². The summed E-state index contributed by atoms with van der Waals surface area (Å²) in [5, 5.41) is 7.67. The number of hydrogen-bond acceptors (Lipinski definition) is 3. The van der Waals surface area contributed by atoms with E-state index < -0.39 is 0 Å². The molecule has 1 aromatic heterocycles. The maximum atomic E-state index is 5.62. The summed E-state index contributed by atoms with van der Waals surface area (Å²) in [6.45, 7) is 6.10. The van der Waals surface area contributed by atoms with Gasteiger partial charge >= 0.3 is 0 Å². The molecule has 0 saturated carbocycles. The number of nitrogens with two attached hydrogens (primary N) is 1. The Labute approximate surface area is 66.6 Å². The molecule has 11 heavy (non-hydrogen) atoms. The van der Waals surface area contributed by atoms with Crippen molar-refractivity contribution in [3.8, 4) is 0 Å². The van der Waals surface area contributed by atoms with Gasteiger partial charge in [-0.1, -0.05) is 13.8 Å². The zero-order valence-electron chi connectivity index (χ0n) is 7.13. The Hall–Kier alpha value is -1.12. The maximum Gasteiger partial charge on any atom is 0.149 e. The third-order valence-corrected chi connectivity index (χ3v) is 1.60. The maximum absolute atomic E-state index is 5.62. The Kier molecular flexibility index (Phi) is 2.08. The molecule has 0 atom stereocenters. The van der Waals surface area contributed by atoms with Gasteiger partial charge in [0.15, 0.2) is 0 Å². The molecule has 0 aromatic carbocycles. The molecule has 0 spiro atoms. The van der Waals surface area contributed by atoms with Gasteiger partial charge in [0.25, 0.3) is 0 Å². The van der Waals surface area contributed by atoms with Gasteiger partial charge in [-0.2, -0.15) is 5.10 Å². The van der Waals surface area contributed by atoms with Crippen molar-refractivity contribution in [2.75, 3.05) is 5.73 Å². The average Bonchev–Trinajstić information content (AvgIpc) is 1.94. The van der Waals surface area contributed by atoms with Gasteiger partial charge in [-0.05, 0) is 18.9 Å². The molecule has 1 heterocycles. The molecule has 0 unspecified atom stereocenters. The highest BCUT2D eigenvalue weighted by atomic mass is 15.1. The molecule has 3 nitrogen and oxygen atoms in total. The number of rotatable bonds is 1. The molecule has 0 aliphatic heterocycles. The lowest BCUT2D eigenvalue weighted by molar-refractivity contribution is 0.839. The van der Waals surface area contributed by atoms with Crippen LogP contribution >= 0.6 is 0 Å². The fraction of sp³-hybridized carbons (Fsp3) is 0.500. The minimum absolute atomic E-state index is 0.421. The van der Waals surface area contributed by atoms with E-state index in [1.165, 1.54) is 0 Å². The van der Waals surface area contributed by atoms with E-state index in [1.807, 2.05) is 13.0 Å². The average molecular weight is 151 g/mol. The summed E-state index contributed by atoms with van der Waals surface area (Å²) in [6.07, 6.45) is 0. The van der Waals surface area contributed by atoms with Gasteiger partial charge in [0.1, 0.15) is 5.82 Å². The lowest BCUT2D eigenvalue weighted by atomic mass is 10.0. The van der Waals surface area contributed by atoms with Crippen molar-refractivity contribution in [1.29, 1.82) is 0 Å². The van der Waals surface area contributed by atoms with E-state index in [0.717, 1.165) is 11.3 Å². The van der Waals surface area contributed by atoms with Crippen LogP contribution in [0.1, 0.15) is 31.0 Å². The highest BCUT2D eigenvalue weighted by molar-refractivity contribution is 5.40. The second-order valence-corrected chi connectivity index (χ2v) is 2.98. The van der Waals surface area contributed by atoms with Crippen LogP contribution in [-0.4, -0.2) is 10.2 Å². The first-order chi connectivity index (χ1) is 5.11. The predicted octanol–water partition coefficient (Wildman–Crippen LogP) is 1.49. The topological polar surface area (TPSA) is 51.8 Å². The van der Waals surface area contributed by atoms with Gasteiger partial charge in [-0.15, -0.1) is 5.10 Å². The van der Waals surface area contributed by atoms with E-state index in [1.54, 1.807) is 0 Å². The van der Waals surface area contributed by atoms with Crippen LogP contribution < -0.4 is 5.73 Å². The first kappa shape index (κ1) is 7.98. The Bertz CT molecular complexity index is 256. The molecule has 2 N–H and O–H groups in total. The number of hydrogen-bond donors (Lipinski definition) is 1. The molecule has 0 amide bonds. The van der Waals surface area contributed by atoms with Crippen molar-refractivity contribution < 1.29 is 0 Å². The molecule has 1 rings (SSSR count). The van der Waals surface area contributed by atoms with E-state index >= 15 is 0 Å². The summed E-state index contributed by atoms with van der Waals surface area (Å²) in [7, 11) is 0. The quantitative estimate of drug-likeness (QED) is 0.661. The summed E-state index contributed by atoms with van der Waals surface area (Å²) in [4.78, 5) is 0. The van der Waals surface area contributed by atoms with Gasteiger partial charge in [0.2, 0.25) is 0 Å². The number of aromatic nitrogens is 2. The summed E-state index contributed by atoms with van der Waals surface area (Å²) in [5.74, 6) is 0.967. The summed E-state index contributed by atoms with van der Waals surface area (Å²) in [6, 6.07) is 1.98. The second kappa shape index (κ2) is 2.86. The molecule has 60 valence electrons. The molecule has 0 saturated heterocycles. The van der Waals surface area contributed by atoms with Crippen LogP contribution in [0.15, 0.2) is 6.07 Å². The molecule has 0 bridgehead atoms. The van der Waals surface area contributed by atoms with Gasteiger partial charge < -0.3 is 5.73 Å². The second-order valence-electron chi connectivity index (χ2n) is 2.98. The number of nitrogens with zero attached hydrogens (tertiary/aromatic N) is 2. The molecular weight excluding hydrogens is 138 g/mol. The lowest BCUT2D eigenvalue weighted by Gasteiger charge is -2.07. The Balaban J connectivity index is 3.13. The fourth-order valence-corrected chi connectivity index (χ4v) is 0.981. The van der Waals surface area contributed by atoms with E-state index in [9.17, 15) is 0 Å². The molecule has 0 aliphatic rings. The largest absolute Gasteiger partial charge is 0.382 e. The molecule has 0 aliphatic carbocycles. The molecule has 1 aromatic rings. The van der Waals surface area contributed by atoms with Crippen LogP contribution in [0.2, 0.25) is 0 Å². The van der Waals surface area contributed by atoms with Crippen LogP contribution in [0.5, 0.6) is 0 Å². The van der Waals surface area contributed by atoms with E-state index in [4.69, 9.17) is 5.73 Å². The highest BCUT2D eigenvalue weighted by Crippen LogP contribution is 2.18. The predicted molar refractivity (Wildman–Crippen MR) is 45.3 cm³/mol. The SMILES string of the molecule is Cc1cc(C(C)C)c(N)nn1. The van der Waals surface area contributed by atoms with Crippen molar-refractivity contribution >= 4 is 5.82 Å². The van der Waals surface area contributed by atoms with Crippen LogP contribution in [0, 0.1) is 6.92 Å².